The number of hydrogen-bond acceptors (Lipinski definition) is 8. The fourth-order valence-electron chi connectivity index (χ4n) is 2.49. The van der Waals surface area contributed by atoms with Crippen LogP contribution in [-0.4, -0.2) is 71.5 Å². The molecule has 0 spiro atoms. The minimum Gasteiger partial charge on any atom is -0.470 e. The van der Waals surface area contributed by atoms with Crippen molar-refractivity contribution in [2.24, 2.45) is 0 Å². The lowest BCUT2D eigenvalue weighted by atomic mass is 10.2. The molecule has 0 aliphatic heterocycles. The summed E-state index contributed by atoms with van der Waals surface area (Å²) in [5.74, 6) is -5.46. The Hall–Kier alpha value is -3.10. The van der Waals surface area contributed by atoms with Gasteiger partial charge in [-0.15, -0.1) is 0 Å². The quantitative estimate of drug-likeness (QED) is 0.476. The lowest BCUT2D eigenvalue weighted by molar-refractivity contribution is -0.290. The van der Waals surface area contributed by atoms with Crippen LogP contribution in [0.3, 0.4) is 0 Å². The van der Waals surface area contributed by atoms with E-state index in [-0.39, 0.29) is 27.7 Å². The Bertz CT molecular complexity index is 1230. The average molecular weight is 480 g/mol. The van der Waals surface area contributed by atoms with Gasteiger partial charge in [0.2, 0.25) is 5.88 Å². The highest BCUT2D eigenvalue weighted by Gasteiger charge is 2.58. The zero-order valence-corrected chi connectivity index (χ0v) is 17.7. The van der Waals surface area contributed by atoms with E-state index >= 15 is 0 Å². The maximum atomic E-state index is 13.0. The number of ether oxygens (including phenoxy) is 1. The van der Waals surface area contributed by atoms with Gasteiger partial charge in [0, 0.05) is 20.3 Å². The molecular formula is C17H17F5N6O3S. The van der Waals surface area contributed by atoms with Crippen LogP contribution in [0.5, 0.6) is 5.88 Å². The Kier molecular flexibility index (Phi) is 5.97. The number of sulfone groups is 1. The monoisotopic (exact) mass is 480 g/mol. The van der Waals surface area contributed by atoms with Crippen LogP contribution in [0.2, 0.25) is 0 Å². The maximum Gasteiger partial charge on any atom is 0.456 e. The highest BCUT2D eigenvalue weighted by atomic mass is 32.2. The predicted octanol–water partition coefficient (Wildman–Crippen LogP) is 2.62. The van der Waals surface area contributed by atoms with Gasteiger partial charge < -0.3 is 9.64 Å². The summed E-state index contributed by atoms with van der Waals surface area (Å²) in [6, 6.07) is 1.61. The SMILES string of the molecule is CCS(=O)(=O)c1nn2ccc(N(C)C)nc2c1-c1cnc(OCC(F)(F)C(F)(F)F)cn1. The van der Waals surface area contributed by atoms with Crippen molar-refractivity contribution < 1.29 is 35.1 Å². The summed E-state index contributed by atoms with van der Waals surface area (Å²) >= 11 is 0. The highest BCUT2D eigenvalue weighted by Crippen LogP contribution is 2.36. The Morgan fingerprint density at radius 2 is 1.81 bits per heavy atom. The van der Waals surface area contributed by atoms with E-state index in [0.717, 1.165) is 12.4 Å². The normalized spacial score (nSPS) is 12.9. The topological polar surface area (TPSA) is 103 Å². The van der Waals surface area contributed by atoms with Crippen molar-refractivity contribution in [1.82, 2.24) is 24.6 Å². The van der Waals surface area contributed by atoms with Crippen LogP contribution >= 0.6 is 0 Å². The van der Waals surface area contributed by atoms with Crippen LogP contribution in [0.4, 0.5) is 27.8 Å². The number of halogens is 5. The van der Waals surface area contributed by atoms with Gasteiger partial charge in [0.25, 0.3) is 0 Å². The molecule has 3 aromatic rings. The molecule has 3 heterocycles. The minimum atomic E-state index is -5.78. The first-order valence-electron chi connectivity index (χ1n) is 8.96. The summed E-state index contributed by atoms with van der Waals surface area (Å²) in [5.41, 5.74) is 0.107. The Labute approximate surface area is 178 Å². The number of nitrogens with zero attached hydrogens (tertiary/aromatic N) is 6. The molecule has 0 N–H and O–H groups in total. The zero-order chi connectivity index (χ0) is 23.9. The van der Waals surface area contributed by atoms with E-state index in [1.165, 1.54) is 17.6 Å². The van der Waals surface area contributed by atoms with Crippen molar-refractivity contribution in [3.8, 4) is 17.1 Å². The molecule has 32 heavy (non-hydrogen) atoms. The van der Waals surface area contributed by atoms with Gasteiger partial charge in [-0.1, -0.05) is 6.92 Å². The Morgan fingerprint density at radius 1 is 1.12 bits per heavy atom. The average Bonchev–Trinajstić information content (AvgIpc) is 3.11. The molecule has 174 valence electrons. The Balaban J connectivity index is 2.04. The molecule has 0 saturated carbocycles. The molecule has 3 rings (SSSR count). The number of rotatable bonds is 7. The lowest BCUT2D eigenvalue weighted by Crippen LogP contribution is -2.41. The first-order chi connectivity index (χ1) is 14.8. The van der Waals surface area contributed by atoms with Gasteiger partial charge in [0.05, 0.1) is 29.4 Å². The van der Waals surface area contributed by atoms with Gasteiger partial charge in [0.1, 0.15) is 5.82 Å². The number of hydrogen-bond donors (Lipinski definition) is 0. The number of alkyl halides is 5. The van der Waals surface area contributed by atoms with Gasteiger partial charge in [-0.05, 0) is 6.07 Å². The summed E-state index contributed by atoms with van der Waals surface area (Å²) in [7, 11) is -0.390. The van der Waals surface area contributed by atoms with Crippen molar-refractivity contribution in [1.29, 1.82) is 0 Å². The van der Waals surface area contributed by atoms with Crippen LogP contribution < -0.4 is 9.64 Å². The second-order valence-corrected chi connectivity index (χ2v) is 8.96. The number of fused-ring (bicyclic) bond motifs is 1. The molecule has 0 saturated heterocycles. The van der Waals surface area contributed by atoms with Crippen LogP contribution in [0.15, 0.2) is 29.7 Å². The van der Waals surface area contributed by atoms with E-state index in [0.29, 0.717) is 5.82 Å². The second kappa shape index (κ2) is 8.11. The van der Waals surface area contributed by atoms with Crippen LogP contribution in [0.25, 0.3) is 16.9 Å². The van der Waals surface area contributed by atoms with Crippen LogP contribution in [0, 0.1) is 0 Å². The third-order valence-electron chi connectivity index (χ3n) is 4.27. The van der Waals surface area contributed by atoms with E-state index in [9.17, 15) is 30.4 Å². The Morgan fingerprint density at radius 3 is 2.34 bits per heavy atom. The van der Waals surface area contributed by atoms with E-state index in [2.05, 4.69) is 24.8 Å². The van der Waals surface area contributed by atoms with Crippen molar-refractivity contribution in [2.75, 3.05) is 31.4 Å². The van der Waals surface area contributed by atoms with Gasteiger partial charge in [0.15, 0.2) is 27.1 Å². The van der Waals surface area contributed by atoms with E-state index in [1.54, 1.807) is 25.1 Å². The summed E-state index contributed by atoms with van der Waals surface area (Å²) in [5, 5.41) is 3.75. The predicted molar refractivity (Wildman–Crippen MR) is 103 cm³/mol. The summed E-state index contributed by atoms with van der Waals surface area (Å²) in [6.07, 6.45) is -2.49. The summed E-state index contributed by atoms with van der Waals surface area (Å²) < 4.78 is 93.7. The molecule has 15 heteroatoms. The van der Waals surface area contributed by atoms with Gasteiger partial charge >= 0.3 is 12.1 Å². The van der Waals surface area contributed by atoms with Gasteiger partial charge in [-0.2, -0.15) is 27.1 Å². The van der Waals surface area contributed by atoms with Crippen molar-refractivity contribution in [3.63, 3.8) is 0 Å². The second-order valence-electron chi connectivity index (χ2n) is 6.76. The number of aromatic nitrogens is 5. The van der Waals surface area contributed by atoms with Crippen molar-refractivity contribution in [3.05, 3.63) is 24.7 Å². The largest absolute Gasteiger partial charge is 0.470 e. The molecule has 0 aliphatic rings. The molecule has 0 fully saturated rings. The molecule has 0 radical (unpaired) electrons. The van der Waals surface area contributed by atoms with Crippen molar-refractivity contribution in [2.45, 2.75) is 24.0 Å². The van der Waals surface area contributed by atoms with Gasteiger partial charge in [-0.3, -0.25) is 0 Å². The molecule has 0 amide bonds. The molecule has 3 aromatic heterocycles. The molecule has 0 bridgehead atoms. The van der Waals surface area contributed by atoms with E-state index < -0.39 is 34.4 Å². The maximum absolute atomic E-state index is 13.0. The summed E-state index contributed by atoms with van der Waals surface area (Å²) in [4.78, 5) is 13.7. The minimum absolute atomic E-state index is 0.00946. The first-order valence-corrected chi connectivity index (χ1v) is 10.6. The van der Waals surface area contributed by atoms with Crippen LogP contribution in [-0.2, 0) is 9.84 Å². The fourth-order valence-corrected chi connectivity index (χ4v) is 3.49. The third-order valence-corrected chi connectivity index (χ3v) is 5.91. The van der Waals surface area contributed by atoms with Crippen LogP contribution in [0.1, 0.15) is 6.92 Å². The van der Waals surface area contributed by atoms with E-state index in [4.69, 9.17) is 0 Å². The zero-order valence-electron chi connectivity index (χ0n) is 16.9. The first kappa shape index (κ1) is 23.6. The smallest absolute Gasteiger partial charge is 0.456 e. The molecule has 9 nitrogen and oxygen atoms in total. The molecule has 0 atom stereocenters. The fraction of sp³-hybridized carbons (Fsp3) is 0.412. The standard InChI is InChI=1S/C17H17F5N6O3S/c1-4-32(29,30)15-13(14-25-11(27(2)3)5-6-28(14)26-15)10-7-24-12(8-23-10)31-9-16(18,19)17(20,21)22/h5-8H,4,9H2,1-3H3. The molecular weight excluding hydrogens is 463 g/mol. The molecule has 0 aromatic carbocycles. The molecule has 0 aliphatic carbocycles. The summed E-state index contributed by atoms with van der Waals surface area (Å²) in [6.45, 7) is -0.560. The van der Waals surface area contributed by atoms with Gasteiger partial charge in [-0.25, -0.2) is 27.9 Å². The molecule has 0 unspecified atom stereocenters. The van der Waals surface area contributed by atoms with E-state index in [1.807, 2.05) is 0 Å². The third kappa shape index (κ3) is 4.42. The highest BCUT2D eigenvalue weighted by molar-refractivity contribution is 7.91. The number of anilines is 1. The van der Waals surface area contributed by atoms with Crippen molar-refractivity contribution >= 4 is 21.3 Å². The lowest BCUT2D eigenvalue weighted by Gasteiger charge is -2.19.